The summed E-state index contributed by atoms with van der Waals surface area (Å²) in [6.45, 7) is 0. The summed E-state index contributed by atoms with van der Waals surface area (Å²) in [5, 5.41) is 0.745. The van der Waals surface area contributed by atoms with Crippen LogP contribution < -0.4 is 5.43 Å². The Bertz CT molecular complexity index is 423. The molecule has 0 saturated carbocycles. The number of hydrogen-bond acceptors (Lipinski definition) is 1. The lowest BCUT2D eigenvalue weighted by molar-refractivity contribution is 0.558. The van der Waals surface area contributed by atoms with E-state index in [0.29, 0.717) is 5.58 Å². The van der Waals surface area contributed by atoms with Crippen LogP contribution in [0.2, 0.25) is 0 Å². The van der Waals surface area contributed by atoms with Gasteiger partial charge in [-0.3, -0.25) is 4.79 Å². The second-order valence-electron chi connectivity index (χ2n) is 2.30. The van der Waals surface area contributed by atoms with Crippen LogP contribution in [0.4, 0.5) is 0 Å². The van der Waals surface area contributed by atoms with Crippen LogP contribution in [0.15, 0.2) is 41.0 Å². The first-order chi connectivity index (χ1) is 5.38. The molecular weight excluding hydrogens is 140 g/mol. The van der Waals surface area contributed by atoms with Gasteiger partial charge < -0.3 is 4.42 Å². The zero-order chi connectivity index (χ0) is 7.68. The van der Waals surface area contributed by atoms with Crippen LogP contribution in [0.25, 0.3) is 11.0 Å². The van der Waals surface area contributed by atoms with Crippen LogP contribution in [0, 0.1) is 0 Å². The van der Waals surface area contributed by atoms with E-state index < -0.39 is 0 Å². The highest BCUT2D eigenvalue weighted by atomic mass is 16.3. The molecule has 0 unspecified atom stereocenters. The summed E-state index contributed by atoms with van der Waals surface area (Å²) in [5.74, 6) is 0. The zero-order valence-electron chi connectivity index (χ0n) is 5.82. The third-order valence-electron chi connectivity index (χ3n) is 1.58. The molecule has 0 radical (unpaired) electrons. The third-order valence-corrected chi connectivity index (χ3v) is 1.58. The lowest BCUT2D eigenvalue weighted by Crippen LogP contribution is -1.99. The first-order valence-electron chi connectivity index (χ1n) is 3.36. The maximum Gasteiger partial charge on any atom is 0.354 e. The Morgan fingerprint density at radius 1 is 1.09 bits per heavy atom. The number of hydrogen-bond donors (Lipinski definition) is 0. The molecule has 0 aliphatic heterocycles. The van der Waals surface area contributed by atoms with Crippen LogP contribution in [0.1, 0.15) is 0 Å². The highest BCUT2D eigenvalue weighted by Crippen LogP contribution is 2.06. The van der Waals surface area contributed by atoms with Crippen molar-refractivity contribution in [2.24, 2.45) is 0 Å². The van der Waals surface area contributed by atoms with Gasteiger partial charge >= 0.3 is 5.43 Å². The van der Waals surface area contributed by atoms with Crippen molar-refractivity contribution in [2.45, 2.75) is 0 Å². The molecule has 2 nitrogen and oxygen atoms in total. The third kappa shape index (κ3) is 0.923. The highest BCUT2D eigenvalue weighted by Gasteiger charge is 1.99. The Kier molecular flexibility index (Phi) is 1.25. The van der Waals surface area contributed by atoms with E-state index in [9.17, 15) is 4.79 Å². The van der Waals surface area contributed by atoms with Crippen molar-refractivity contribution in [3.8, 4) is 0 Å². The topological polar surface area (TPSA) is 34.5 Å². The van der Waals surface area contributed by atoms with E-state index >= 15 is 0 Å². The monoisotopic (exact) mass is 147 g/mol. The SMILES string of the molecule is [OH+]=c1ccoc2ccccc12. The van der Waals surface area contributed by atoms with Gasteiger partial charge in [0, 0.05) is 0 Å². The van der Waals surface area contributed by atoms with E-state index in [1.807, 2.05) is 24.3 Å². The molecule has 0 saturated heterocycles. The second-order valence-corrected chi connectivity index (χ2v) is 2.30. The summed E-state index contributed by atoms with van der Waals surface area (Å²) in [4.78, 5) is 9.31. The van der Waals surface area contributed by atoms with E-state index in [1.165, 1.54) is 12.3 Å². The predicted octanol–water partition coefficient (Wildman–Crippen LogP) is 1.44. The summed E-state index contributed by atoms with van der Waals surface area (Å²) >= 11 is 0. The van der Waals surface area contributed by atoms with E-state index in [1.54, 1.807) is 0 Å². The van der Waals surface area contributed by atoms with Gasteiger partial charge in [0.1, 0.15) is 17.2 Å². The molecule has 2 rings (SSSR count). The fourth-order valence-corrected chi connectivity index (χ4v) is 1.04. The molecule has 1 N–H and O–H groups in total. The maximum atomic E-state index is 9.31. The van der Waals surface area contributed by atoms with Gasteiger partial charge in [-0.05, 0) is 12.1 Å². The molecule has 0 aliphatic rings. The standard InChI is InChI=1S/C9H6O2/c10-8-5-6-11-9-4-2-1-3-7(8)9/h1-6H/p+1. The Labute approximate surface area is 63.1 Å². The molecule has 1 heterocycles. The average Bonchev–Trinajstić information content (AvgIpc) is 2.06. The largest absolute Gasteiger partial charge is 0.464 e. The number of para-hydroxylation sites is 1. The fraction of sp³-hybridized carbons (Fsp3) is 0. The van der Waals surface area contributed by atoms with Crippen LogP contribution in [0.5, 0.6) is 0 Å². The van der Waals surface area contributed by atoms with Gasteiger partial charge in [0.25, 0.3) is 0 Å². The molecule has 0 aliphatic carbocycles. The second kappa shape index (κ2) is 2.23. The minimum atomic E-state index is 0.256. The summed E-state index contributed by atoms with van der Waals surface area (Å²) in [6, 6.07) is 8.88. The van der Waals surface area contributed by atoms with Gasteiger partial charge in [-0.1, -0.05) is 12.1 Å². The average molecular weight is 147 g/mol. The molecule has 1 aromatic heterocycles. The molecule has 11 heavy (non-hydrogen) atoms. The van der Waals surface area contributed by atoms with Crippen molar-refractivity contribution in [3.05, 3.63) is 42.0 Å². The van der Waals surface area contributed by atoms with Crippen molar-refractivity contribution in [1.29, 1.82) is 0 Å². The van der Waals surface area contributed by atoms with Crippen LogP contribution in [-0.4, -0.2) is 4.79 Å². The lowest BCUT2D eigenvalue weighted by Gasteiger charge is -1.88. The minimum Gasteiger partial charge on any atom is -0.464 e. The highest BCUT2D eigenvalue weighted by molar-refractivity contribution is 5.74. The Morgan fingerprint density at radius 2 is 1.91 bits per heavy atom. The maximum absolute atomic E-state index is 9.31. The molecule has 0 bridgehead atoms. The Hall–Kier alpha value is -1.57. The molecule has 2 aromatic rings. The minimum absolute atomic E-state index is 0.256. The zero-order valence-corrected chi connectivity index (χ0v) is 5.82. The van der Waals surface area contributed by atoms with Gasteiger partial charge in [-0.2, -0.15) is 0 Å². The molecule has 54 valence electrons. The molecule has 1 aromatic carbocycles. The molecule has 0 amide bonds. The first-order valence-corrected chi connectivity index (χ1v) is 3.36. The smallest absolute Gasteiger partial charge is 0.354 e. The Morgan fingerprint density at radius 3 is 2.73 bits per heavy atom. The molecule has 0 spiro atoms. The van der Waals surface area contributed by atoms with Gasteiger partial charge in [0.15, 0.2) is 0 Å². The summed E-state index contributed by atoms with van der Waals surface area (Å²) in [6.07, 6.45) is 1.47. The van der Waals surface area contributed by atoms with E-state index in [-0.39, 0.29) is 5.43 Å². The normalized spacial score (nSPS) is 10.2. The first kappa shape index (κ1) is 6.16. The number of rotatable bonds is 0. The predicted molar refractivity (Wildman–Crippen MR) is 41.3 cm³/mol. The van der Waals surface area contributed by atoms with Crippen LogP contribution >= 0.6 is 0 Å². The Balaban J connectivity index is 3.03. The van der Waals surface area contributed by atoms with Gasteiger partial charge in [0.05, 0.1) is 6.07 Å². The van der Waals surface area contributed by atoms with Crippen LogP contribution in [0.3, 0.4) is 0 Å². The summed E-state index contributed by atoms with van der Waals surface area (Å²) < 4.78 is 5.13. The molecule has 2 heteroatoms. The molecule has 0 fully saturated rings. The molecular formula is C9H7O2+. The van der Waals surface area contributed by atoms with E-state index in [0.717, 1.165) is 5.39 Å². The van der Waals surface area contributed by atoms with Crippen molar-refractivity contribution in [3.63, 3.8) is 0 Å². The van der Waals surface area contributed by atoms with Gasteiger partial charge in [-0.15, -0.1) is 0 Å². The van der Waals surface area contributed by atoms with Crippen molar-refractivity contribution >= 4 is 11.0 Å². The fourth-order valence-electron chi connectivity index (χ4n) is 1.04. The summed E-state index contributed by atoms with van der Waals surface area (Å²) in [7, 11) is 0. The van der Waals surface area contributed by atoms with Crippen molar-refractivity contribution < 1.29 is 9.21 Å². The van der Waals surface area contributed by atoms with Crippen LogP contribution in [-0.2, 0) is 0 Å². The van der Waals surface area contributed by atoms with Crippen molar-refractivity contribution in [2.75, 3.05) is 0 Å². The lowest BCUT2D eigenvalue weighted by atomic mass is 10.2. The van der Waals surface area contributed by atoms with Gasteiger partial charge in [-0.25, -0.2) is 0 Å². The van der Waals surface area contributed by atoms with E-state index in [4.69, 9.17) is 4.42 Å². The number of benzene rings is 1. The number of fused-ring (bicyclic) bond motifs is 1. The van der Waals surface area contributed by atoms with Crippen molar-refractivity contribution in [1.82, 2.24) is 0 Å². The molecule has 0 atom stereocenters. The summed E-state index contributed by atoms with van der Waals surface area (Å²) in [5.41, 5.74) is 0.958. The van der Waals surface area contributed by atoms with E-state index in [2.05, 4.69) is 0 Å². The quantitative estimate of drug-likeness (QED) is 0.519. The van der Waals surface area contributed by atoms with Gasteiger partial charge in [0.2, 0.25) is 0 Å².